The monoisotopic (exact) mass is 372 g/mol. The van der Waals surface area contributed by atoms with Crippen molar-refractivity contribution in [3.05, 3.63) is 53.9 Å². The molecule has 1 heterocycles. The summed E-state index contributed by atoms with van der Waals surface area (Å²) in [6.07, 6.45) is 12.8. The molecule has 1 aromatic rings. The third kappa shape index (κ3) is 4.78. The molecule has 5 heteroatoms. The molecular weight excluding hydrogens is 340 g/mol. The number of unbranched alkanes of at least 4 members (excludes halogenated alkanes) is 1. The lowest BCUT2D eigenvalue weighted by Crippen LogP contribution is -2.71. The Morgan fingerprint density at radius 3 is 2.74 bits per heavy atom. The van der Waals surface area contributed by atoms with Gasteiger partial charge in [0, 0.05) is 22.4 Å². The number of aliphatic hydroxyl groups excluding tert-OH is 1. The van der Waals surface area contributed by atoms with Gasteiger partial charge in [0.15, 0.2) is 0 Å². The highest BCUT2D eigenvalue weighted by Crippen LogP contribution is 2.43. The van der Waals surface area contributed by atoms with E-state index in [1.54, 1.807) is 18.2 Å². The predicted octanol–water partition coefficient (Wildman–Crippen LogP) is 1.94. The lowest BCUT2D eigenvalue weighted by Gasteiger charge is -2.38. The van der Waals surface area contributed by atoms with Crippen LogP contribution in [0.1, 0.15) is 57.1 Å². The number of aromatic nitrogens is 1. The summed E-state index contributed by atoms with van der Waals surface area (Å²) in [6, 6.07) is 5.24. The van der Waals surface area contributed by atoms with Gasteiger partial charge in [0.25, 0.3) is 0 Å². The van der Waals surface area contributed by atoms with Crippen molar-refractivity contribution in [3.8, 4) is 0 Å². The number of nitrogens with one attached hydrogen (secondary N) is 1. The van der Waals surface area contributed by atoms with E-state index in [1.807, 2.05) is 0 Å². The maximum atomic E-state index is 9.91. The molecule has 0 aromatic carbocycles. The first kappa shape index (κ1) is 19.6. The fourth-order valence-corrected chi connectivity index (χ4v) is 4.54. The summed E-state index contributed by atoms with van der Waals surface area (Å²) in [5, 5.41) is 31.3. The highest BCUT2D eigenvalue weighted by atomic mass is 16.5. The largest absolute Gasteiger partial charge is 0.392 e. The molecular formula is C22H32N2O3+2. The van der Waals surface area contributed by atoms with Gasteiger partial charge >= 0.3 is 11.4 Å². The highest BCUT2D eigenvalue weighted by Gasteiger charge is 2.32. The number of pyridine rings is 1. The molecule has 1 fully saturated rings. The molecule has 4 N–H and O–H groups in total. The van der Waals surface area contributed by atoms with Crippen LogP contribution in [0.3, 0.4) is 0 Å². The lowest BCUT2D eigenvalue weighted by atomic mass is 9.67. The lowest BCUT2D eigenvalue weighted by molar-refractivity contribution is -0.907. The summed E-state index contributed by atoms with van der Waals surface area (Å²) >= 11 is 0. The smallest absolute Gasteiger partial charge is 0.332 e. The summed E-state index contributed by atoms with van der Waals surface area (Å²) in [7, 11) is 0. The Balaban J connectivity index is 1.50. The summed E-state index contributed by atoms with van der Waals surface area (Å²) < 4.78 is 0.974. The van der Waals surface area contributed by atoms with Crippen molar-refractivity contribution in [2.75, 3.05) is 6.61 Å². The molecule has 0 spiro atoms. The molecule has 0 amide bonds. The van der Waals surface area contributed by atoms with Crippen molar-refractivity contribution in [1.82, 2.24) is 0 Å². The molecule has 3 aliphatic rings. The van der Waals surface area contributed by atoms with Crippen LogP contribution >= 0.6 is 0 Å². The fourth-order valence-electron chi connectivity index (χ4n) is 4.54. The molecule has 1 unspecified atom stereocenters. The fraction of sp³-hybridized carbons (Fsp3) is 0.545. The standard InChI is InChI=1S/C22H30N2O3/c1-16(22(23-26)21-8-4-5-11-24(21)27)6-2-3-7-19-10-9-17-12-18(13-17)14-20(19)15-25/h4-5,8,11,14,17-19,25,27H,1-3,6-7,9-10,12-13,15H2/p+2. The molecule has 27 heavy (non-hydrogen) atoms. The Kier molecular flexibility index (Phi) is 6.67. The average Bonchev–Trinajstić information content (AvgIpc) is 2.61. The Morgan fingerprint density at radius 1 is 1.22 bits per heavy atom. The molecule has 5 nitrogen and oxygen atoms in total. The Hall–Kier alpha value is -2.14. The van der Waals surface area contributed by atoms with Crippen LogP contribution in [-0.2, 0) is 0 Å². The minimum atomic E-state index is 0.190. The topological polar surface area (TPSA) is 78.5 Å². The molecule has 1 aromatic heterocycles. The quantitative estimate of drug-likeness (QED) is 0.107. The van der Waals surface area contributed by atoms with Crippen LogP contribution in [0.4, 0.5) is 0 Å². The predicted molar refractivity (Wildman–Crippen MR) is 102 cm³/mol. The van der Waals surface area contributed by atoms with Crippen LogP contribution in [0.25, 0.3) is 0 Å². The second-order valence-corrected chi connectivity index (χ2v) is 8.04. The zero-order valence-electron chi connectivity index (χ0n) is 16.0. The first-order valence-electron chi connectivity index (χ1n) is 10.1. The molecule has 0 saturated heterocycles. The molecule has 0 aliphatic heterocycles. The molecule has 4 rings (SSSR count). The number of hydrogen-bond donors (Lipinski definition) is 4. The van der Waals surface area contributed by atoms with Gasteiger partial charge in [0.1, 0.15) is 0 Å². The van der Waals surface area contributed by atoms with Gasteiger partial charge in [-0.15, -0.1) is 0 Å². The van der Waals surface area contributed by atoms with Gasteiger partial charge in [-0.1, -0.05) is 19.1 Å². The van der Waals surface area contributed by atoms with E-state index in [9.17, 15) is 15.5 Å². The van der Waals surface area contributed by atoms with E-state index in [0.717, 1.165) is 41.9 Å². The van der Waals surface area contributed by atoms with Crippen LogP contribution < -0.4 is 9.89 Å². The first-order chi connectivity index (χ1) is 13.1. The molecule has 3 aliphatic carbocycles. The maximum Gasteiger partial charge on any atom is 0.332 e. The van der Waals surface area contributed by atoms with E-state index in [1.165, 1.54) is 37.5 Å². The second-order valence-electron chi connectivity index (χ2n) is 8.04. The SMILES string of the molecule is C=C(CCCCC1CCC2CC(C=C1CO)C2)C(=[NH+]O)c1cccc[n+]1O. The third-order valence-corrected chi connectivity index (χ3v) is 6.19. The van der Waals surface area contributed by atoms with Crippen LogP contribution in [0.2, 0.25) is 0 Å². The van der Waals surface area contributed by atoms with E-state index in [0.29, 0.717) is 23.2 Å². The second kappa shape index (κ2) is 9.18. The minimum Gasteiger partial charge on any atom is -0.392 e. The third-order valence-electron chi connectivity index (χ3n) is 6.19. The van der Waals surface area contributed by atoms with Crippen molar-refractivity contribution >= 4 is 5.71 Å². The van der Waals surface area contributed by atoms with Crippen LogP contribution in [0.15, 0.2) is 48.2 Å². The van der Waals surface area contributed by atoms with Crippen LogP contribution in [-0.4, -0.2) is 27.8 Å². The normalized spacial score (nSPS) is 25.1. The Bertz CT molecular complexity index is 720. The van der Waals surface area contributed by atoms with E-state index in [4.69, 9.17) is 0 Å². The number of hydrogen-bond acceptors (Lipinski definition) is 3. The summed E-state index contributed by atoms with van der Waals surface area (Å²) in [5.74, 6) is 2.10. The van der Waals surface area contributed by atoms with Gasteiger partial charge in [-0.05, 0) is 79.5 Å². The van der Waals surface area contributed by atoms with Crippen molar-refractivity contribution in [2.45, 2.75) is 51.4 Å². The Morgan fingerprint density at radius 2 is 2.04 bits per heavy atom. The zero-order valence-corrected chi connectivity index (χ0v) is 16.0. The number of rotatable bonds is 8. The van der Waals surface area contributed by atoms with Gasteiger partial charge < -0.3 is 5.11 Å². The van der Waals surface area contributed by atoms with Gasteiger partial charge in [0.05, 0.1) is 6.61 Å². The zero-order chi connectivity index (χ0) is 19.2. The van der Waals surface area contributed by atoms with E-state index >= 15 is 0 Å². The highest BCUT2D eigenvalue weighted by molar-refractivity contribution is 6.05. The minimum absolute atomic E-state index is 0.190. The van der Waals surface area contributed by atoms with Crippen molar-refractivity contribution < 1.29 is 25.4 Å². The van der Waals surface area contributed by atoms with Gasteiger partial charge in [0.2, 0.25) is 6.20 Å². The van der Waals surface area contributed by atoms with E-state index in [2.05, 4.69) is 17.8 Å². The van der Waals surface area contributed by atoms with Gasteiger partial charge in [-0.25, -0.2) is 0 Å². The van der Waals surface area contributed by atoms with Crippen LogP contribution in [0, 0.1) is 17.8 Å². The molecule has 146 valence electrons. The maximum absolute atomic E-state index is 9.91. The number of nitrogens with zero attached hydrogens (tertiary/aromatic N) is 1. The Labute approximate surface area is 161 Å². The molecule has 0 radical (unpaired) electrons. The first-order valence-corrected chi connectivity index (χ1v) is 10.1. The molecule has 2 bridgehead atoms. The van der Waals surface area contributed by atoms with Crippen molar-refractivity contribution in [3.63, 3.8) is 0 Å². The summed E-state index contributed by atoms with van der Waals surface area (Å²) in [4.78, 5) is 0. The molecule has 1 saturated carbocycles. The van der Waals surface area contributed by atoms with Crippen molar-refractivity contribution in [1.29, 1.82) is 0 Å². The van der Waals surface area contributed by atoms with Gasteiger partial charge in [-0.3, -0.25) is 10.4 Å². The van der Waals surface area contributed by atoms with E-state index < -0.39 is 0 Å². The summed E-state index contributed by atoms with van der Waals surface area (Å²) in [6.45, 7) is 4.26. The number of allylic oxidation sites excluding steroid dienone is 2. The summed E-state index contributed by atoms with van der Waals surface area (Å²) in [5.41, 5.74) is 2.94. The van der Waals surface area contributed by atoms with Gasteiger partial charge in [-0.2, -0.15) is 0 Å². The average molecular weight is 373 g/mol. The van der Waals surface area contributed by atoms with Crippen molar-refractivity contribution in [2.24, 2.45) is 17.8 Å². The number of fused-ring (bicyclic) bond motifs is 3. The molecule has 1 atom stereocenters. The van der Waals surface area contributed by atoms with Crippen LogP contribution in [0.5, 0.6) is 0 Å². The number of aliphatic hydroxyl groups is 1. The van der Waals surface area contributed by atoms with E-state index in [-0.39, 0.29) is 6.61 Å².